The summed E-state index contributed by atoms with van der Waals surface area (Å²) in [6.45, 7) is 3.45. The summed E-state index contributed by atoms with van der Waals surface area (Å²) in [5.41, 5.74) is 3.17. The van der Waals surface area contributed by atoms with Gasteiger partial charge in [-0.3, -0.25) is 9.48 Å². The minimum atomic E-state index is -0.315. The summed E-state index contributed by atoms with van der Waals surface area (Å²) < 4.78 is 7.19. The first-order valence-electron chi connectivity index (χ1n) is 7.22. The van der Waals surface area contributed by atoms with Gasteiger partial charge in [-0.15, -0.1) is 0 Å². The Morgan fingerprint density at radius 3 is 3.10 bits per heavy atom. The van der Waals surface area contributed by atoms with Crippen LogP contribution in [-0.2, 0) is 16.1 Å². The van der Waals surface area contributed by atoms with Crippen LogP contribution in [0.1, 0.15) is 24.0 Å². The third-order valence-electron chi connectivity index (χ3n) is 3.72. The average Bonchev–Trinajstić information content (AvgIpc) is 3.13. The Hall–Kier alpha value is -2.14. The predicted molar refractivity (Wildman–Crippen MR) is 80.1 cm³/mol. The van der Waals surface area contributed by atoms with E-state index in [0.717, 1.165) is 12.8 Å². The maximum atomic E-state index is 12.0. The fourth-order valence-electron chi connectivity index (χ4n) is 2.48. The number of carbonyl (C=O) groups is 1. The number of hydrogen-bond acceptors (Lipinski definition) is 3. The summed E-state index contributed by atoms with van der Waals surface area (Å²) in [6.07, 6.45) is 4.95. The fourth-order valence-corrected chi connectivity index (χ4v) is 2.48. The molecule has 0 radical (unpaired) electrons. The van der Waals surface area contributed by atoms with Gasteiger partial charge >= 0.3 is 0 Å². The highest BCUT2D eigenvalue weighted by molar-refractivity contribution is 5.94. The van der Waals surface area contributed by atoms with E-state index >= 15 is 0 Å². The van der Waals surface area contributed by atoms with Crippen LogP contribution in [0.4, 0.5) is 5.69 Å². The highest BCUT2D eigenvalue weighted by Crippen LogP contribution is 2.15. The van der Waals surface area contributed by atoms with Gasteiger partial charge in [0.2, 0.25) is 0 Å². The lowest BCUT2D eigenvalue weighted by atomic mass is 10.1. The molecule has 5 heteroatoms. The van der Waals surface area contributed by atoms with Gasteiger partial charge in [-0.1, -0.05) is 24.3 Å². The molecule has 0 saturated carbocycles. The van der Waals surface area contributed by atoms with Crippen LogP contribution in [-0.4, -0.2) is 28.4 Å². The van der Waals surface area contributed by atoms with Crippen LogP contribution in [0.3, 0.4) is 0 Å². The molecule has 1 aromatic heterocycles. The smallest absolute Gasteiger partial charge is 0.253 e. The van der Waals surface area contributed by atoms with Gasteiger partial charge in [0.15, 0.2) is 0 Å². The van der Waals surface area contributed by atoms with Gasteiger partial charge in [-0.05, 0) is 30.9 Å². The fraction of sp³-hybridized carbons (Fsp3) is 0.375. The summed E-state index contributed by atoms with van der Waals surface area (Å²) in [4.78, 5) is 12.0. The Balaban J connectivity index is 1.63. The highest BCUT2D eigenvalue weighted by atomic mass is 16.5. The van der Waals surface area contributed by atoms with Crippen molar-refractivity contribution in [3.05, 3.63) is 47.8 Å². The van der Waals surface area contributed by atoms with Crippen LogP contribution in [0.5, 0.6) is 0 Å². The lowest BCUT2D eigenvalue weighted by molar-refractivity contribution is -0.124. The second-order valence-electron chi connectivity index (χ2n) is 5.34. The number of benzene rings is 1. The molecule has 1 fully saturated rings. The zero-order chi connectivity index (χ0) is 14.7. The molecular formula is C16H19N3O2. The quantitative estimate of drug-likeness (QED) is 0.938. The number of ether oxygens (including phenoxy) is 1. The van der Waals surface area contributed by atoms with Crippen molar-refractivity contribution >= 4 is 11.6 Å². The maximum absolute atomic E-state index is 12.0. The molecule has 1 aliphatic heterocycles. The Labute approximate surface area is 123 Å². The molecule has 1 aromatic carbocycles. The molecule has 1 N–H and O–H groups in total. The lowest BCUT2D eigenvalue weighted by Gasteiger charge is -2.08. The second kappa shape index (κ2) is 6.10. The molecule has 0 aliphatic carbocycles. The van der Waals surface area contributed by atoms with Crippen molar-refractivity contribution in [1.29, 1.82) is 0 Å². The third kappa shape index (κ3) is 3.31. The van der Waals surface area contributed by atoms with E-state index in [1.807, 2.05) is 23.0 Å². The zero-order valence-corrected chi connectivity index (χ0v) is 12.1. The predicted octanol–water partition coefficient (Wildman–Crippen LogP) is 2.36. The van der Waals surface area contributed by atoms with E-state index in [9.17, 15) is 4.79 Å². The summed E-state index contributed by atoms with van der Waals surface area (Å²) >= 11 is 0. The van der Waals surface area contributed by atoms with Crippen molar-refractivity contribution < 1.29 is 9.53 Å². The normalized spacial score (nSPS) is 17.9. The Morgan fingerprint density at radius 2 is 2.33 bits per heavy atom. The minimum Gasteiger partial charge on any atom is -0.368 e. The van der Waals surface area contributed by atoms with Crippen molar-refractivity contribution in [2.24, 2.45) is 0 Å². The van der Waals surface area contributed by atoms with Crippen LogP contribution in [0.25, 0.3) is 0 Å². The second-order valence-corrected chi connectivity index (χ2v) is 5.34. The standard InChI is InChI=1S/C16H19N3O2/c1-12-5-2-3-6-13(12)10-19-11-14(9-17-19)18-16(20)15-7-4-8-21-15/h2-3,5-6,9,11,15H,4,7-8,10H2,1H3,(H,18,20)/t15-/m1/s1. The molecule has 0 bridgehead atoms. The summed E-state index contributed by atoms with van der Waals surface area (Å²) in [7, 11) is 0. The zero-order valence-electron chi connectivity index (χ0n) is 12.1. The number of nitrogens with zero attached hydrogens (tertiary/aromatic N) is 2. The van der Waals surface area contributed by atoms with E-state index in [2.05, 4.69) is 29.5 Å². The van der Waals surface area contributed by atoms with Gasteiger partial charge < -0.3 is 10.1 Å². The van der Waals surface area contributed by atoms with Gasteiger partial charge in [-0.2, -0.15) is 5.10 Å². The molecular weight excluding hydrogens is 266 g/mol. The molecule has 1 saturated heterocycles. The Kier molecular flexibility index (Phi) is 4.01. The van der Waals surface area contributed by atoms with Crippen molar-refractivity contribution in [1.82, 2.24) is 9.78 Å². The lowest BCUT2D eigenvalue weighted by Crippen LogP contribution is -2.26. The summed E-state index contributed by atoms with van der Waals surface area (Å²) in [5, 5.41) is 7.15. The molecule has 5 nitrogen and oxygen atoms in total. The number of aryl methyl sites for hydroxylation is 1. The Morgan fingerprint density at radius 1 is 1.48 bits per heavy atom. The molecule has 2 heterocycles. The van der Waals surface area contributed by atoms with E-state index in [1.165, 1.54) is 11.1 Å². The van der Waals surface area contributed by atoms with E-state index in [-0.39, 0.29) is 12.0 Å². The van der Waals surface area contributed by atoms with Crippen LogP contribution < -0.4 is 5.32 Å². The summed E-state index contributed by atoms with van der Waals surface area (Å²) in [5.74, 6) is -0.0806. The molecule has 21 heavy (non-hydrogen) atoms. The maximum Gasteiger partial charge on any atom is 0.253 e. The first kappa shape index (κ1) is 13.8. The molecule has 0 unspecified atom stereocenters. The summed E-state index contributed by atoms with van der Waals surface area (Å²) in [6, 6.07) is 8.21. The first-order valence-corrected chi connectivity index (χ1v) is 7.22. The van der Waals surface area contributed by atoms with Crippen LogP contribution >= 0.6 is 0 Å². The molecule has 1 atom stereocenters. The number of rotatable bonds is 4. The van der Waals surface area contributed by atoms with Crippen LogP contribution in [0, 0.1) is 6.92 Å². The third-order valence-corrected chi connectivity index (χ3v) is 3.72. The first-order chi connectivity index (χ1) is 10.2. The van der Waals surface area contributed by atoms with E-state index in [1.54, 1.807) is 6.20 Å². The molecule has 110 valence electrons. The van der Waals surface area contributed by atoms with Gasteiger partial charge in [0.1, 0.15) is 6.10 Å². The van der Waals surface area contributed by atoms with Crippen LogP contribution in [0.2, 0.25) is 0 Å². The monoisotopic (exact) mass is 285 g/mol. The number of amides is 1. The molecule has 0 spiro atoms. The number of aromatic nitrogens is 2. The van der Waals surface area contributed by atoms with Crippen molar-refractivity contribution in [3.63, 3.8) is 0 Å². The van der Waals surface area contributed by atoms with E-state index in [4.69, 9.17) is 4.74 Å². The van der Waals surface area contributed by atoms with Crippen molar-refractivity contribution in [2.45, 2.75) is 32.4 Å². The van der Waals surface area contributed by atoms with Gasteiger partial charge in [0.25, 0.3) is 5.91 Å². The SMILES string of the molecule is Cc1ccccc1Cn1cc(NC(=O)[C@H]2CCCO2)cn1. The van der Waals surface area contributed by atoms with Crippen molar-refractivity contribution in [2.75, 3.05) is 11.9 Å². The Bertz CT molecular complexity index is 630. The molecule has 1 amide bonds. The number of hydrogen-bond donors (Lipinski definition) is 1. The van der Waals surface area contributed by atoms with Crippen molar-refractivity contribution in [3.8, 4) is 0 Å². The topological polar surface area (TPSA) is 56.2 Å². The van der Waals surface area contributed by atoms with E-state index < -0.39 is 0 Å². The highest BCUT2D eigenvalue weighted by Gasteiger charge is 2.23. The molecule has 1 aliphatic rings. The molecule has 2 aromatic rings. The number of nitrogens with one attached hydrogen (secondary N) is 1. The minimum absolute atomic E-state index is 0.0806. The number of carbonyl (C=O) groups excluding carboxylic acids is 1. The largest absolute Gasteiger partial charge is 0.368 e. The molecule has 3 rings (SSSR count). The van der Waals surface area contributed by atoms with Crippen LogP contribution in [0.15, 0.2) is 36.7 Å². The number of anilines is 1. The van der Waals surface area contributed by atoms with Gasteiger partial charge in [0, 0.05) is 12.8 Å². The van der Waals surface area contributed by atoms with E-state index in [0.29, 0.717) is 18.8 Å². The van der Waals surface area contributed by atoms with Gasteiger partial charge in [-0.25, -0.2) is 0 Å². The van der Waals surface area contributed by atoms with Gasteiger partial charge in [0.05, 0.1) is 18.4 Å². The average molecular weight is 285 g/mol.